The average molecular weight is 225 g/mol. The van der Waals surface area contributed by atoms with Gasteiger partial charge in [0.1, 0.15) is 0 Å². The van der Waals surface area contributed by atoms with Crippen LogP contribution >= 0.6 is 0 Å². The molecule has 3 N–H and O–H groups in total. The molecule has 2 aromatic rings. The van der Waals surface area contributed by atoms with Crippen LogP contribution in [0.4, 0.5) is 0 Å². The number of hydrogen-bond donors (Lipinski definition) is 2. The molecule has 0 saturated carbocycles. The van der Waals surface area contributed by atoms with Crippen molar-refractivity contribution in [2.75, 3.05) is 6.54 Å². The molecule has 0 fully saturated rings. The smallest absolute Gasteiger partial charge is 0.0912 e. The molecule has 3 rings (SSSR count). The molecule has 0 bridgehead atoms. The molecule has 2 aromatic carbocycles. The zero-order valence-corrected chi connectivity index (χ0v) is 9.56. The lowest BCUT2D eigenvalue weighted by atomic mass is 10.0. The molecule has 1 atom stereocenters. The third-order valence-corrected chi connectivity index (χ3v) is 3.43. The summed E-state index contributed by atoms with van der Waals surface area (Å²) in [6.45, 7) is 0.270. The second-order valence-electron chi connectivity index (χ2n) is 4.50. The molecule has 0 saturated heterocycles. The minimum absolute atomic E-state index is 0.270. The van der Waals surface area contributed by atoms with Crippen LogP contribution in [-0.4, -0.2) is 11.7 Å². The lowest BCUT2D eigenvalue weighted by Gasteiger charge is -2.10. The van der Waals surface area contributed by atoms with Gasteiger partial charge >= 0.3 is 0 Å². The SMILES string of the molecule is NC[C@@H](O)c1ccc2c(c1)Cc1ccccc1-2. The lowest BCUT2D eigenvalue weighted by Crippen LogP contribution is -2.11. The van der Waals surface area contributed by atoms with Crippen molar-refractivity contribution in [2.24, 2.45) is 5.73 Å². The van der Waals surface area contributed by atoms with Gasteiger partial charge in [0.05, 0.1) is 6.10 Å². The highest BCUT2D eigenvalue weighted by molar-refractivity contribution is 5.76. The van der Waals surface area contributed by atoms with E-state index in [1.54, 1.807) is 0 Å². The van der Waals surface area contributed by atoms with E-state index >= 15 is 0 Å². The van der Waals surface area contributed by atoms with Crippen LogP contribution in [-0.2, 0) is 6.42 Å². The first-order valence-corrected chi connectivity index (χ1v) is 5.89. The highest BCUT2D eigenvalue weighted by Gasteiger charge is 2.18. The van der Waals surface area contributed by atoms with Crippen molar-refractivity contribution >= 4 is 0 Å². The van der Waals surface area contributed by atoms with Gasteiger partial charge in [0.15, 0.2) is 0 Å². The number of aliphatic hydroxyl groups excluding tert-OH is 1. The zero-order chi connectivity index (χ0) is 11.8. The Kier molecular flexibility index (Phi) is 2.46. The summed E-state index contributed by atoms with van der Waals surface area (Å²) in [6.07, 6.45) is 0.403. The summed E-state index contributed by atoms with van der Waals surface area (Å²) in [5, 5.41) is 9.75. The van der Waals surface area contributed by atoms with Gasteiger partial charge in [-0.05, 0) is 34.2 Å². The molecule has 0 aromatic heterocycles. The molecule has 0 unspecified atom stereocenters. The van der Waals surface area contributed by atoms with Crippen molar-refractivity contribution in [3.63, 3.8) is 0 Å². The third-order valence-electron chi connectivity index (χ3n) is 3.43. The molecule has 17 heavy (non-hydrogen) atoms. The molecule has 1 aliphatic carbocycles. The largest absolute Gasteiger partial charge is 0.387 e. The van der Waals surface area contributed by atoms with Crippen molar-refractivity contribution in [3.05, 3.63) is 59.2 Å². The van der Waals surface area contributed by atoms with Gasteiger partial charge in [-0.3, -0.25) is 0 Å². The number of benzene rings is 2. The Hall–Kier alpha value is -1.64. The van der Waals surface area contributed by atoms with Crippen molar-refractivity contribution in [1.82, 2.24) is 0 Å². The molecule has 2 heteroatoms. The summed E-state index contributed by atoms with van der Waals surface area (Å²) in [5.41, 5.74) is 11.7. The molecule has 0 amide bonds. The third kappa shape index (κ3) is 1.66. The average Bonchev–Trinajstić information content (AvgIpc) is 2.75. The van der Waals surface area contributed by atoms with Crippen LogP contribution in [0, 0.1) is 0 Å². The maximum absolute atomic E-state index is 9.75. The maximum atomic E-state index is 9.75. The molecule has 0 heterocycles. The first-order chi connectivity index (χ1) is 8.29. The van der Waals surface area contributed by atoms with Crippen molar-refractivity contribution in [2.45, 2.75) is 12.5 Å². The standard InChI is InChI=1S/C15H15NO/c16-9-15(17)11-5-6-14-12(8-11)7-10-3-1-2-4-13(10)14/h1-6,8,15,17H,7,9,16H2/t15-/m1/s1. The van der Waals surface area contributed by atoms with Gasteiger partial charge in [-0.15, -0.1) is 0 Å². The van der Waals surface area contributed by atoms with E-state index in [0.717, 1.165) is 12.0 Å². The van der Waals surface area contributed by atoms with E-state index in [1.807, 2.05) is 6.07 Å². The second-order valence-corrected chi connectivity index (χ2v) is 4.50. The monoisotopic (exact) mass is 225 g/mol. The summed E-state index contributed by atoms with van der Waals surface area (Å²) in [5.74, 6) is 0. The Morgan fingerprint density at radius 1 is 1.06 bits per heavy atom. The van der Waals surface area contributed by atoms with Crippen LogP contribution in [0.2, 0.25) is 0 Å². The van der Waals surface area contributed by atoms with E-state index < -0.39 is 6.10 Å². The quantitative estimate of drug-likeness (QED) is 0.702. The Balaban J connectivity index is 2.07. The minimum atomic E-state index is -0.552. The van der Waals surface area contributed by atoms with Gasteiger partial charge in [-0.1, -0.05) is 42.5 Å². The van der Waals surface area contributed by atoms with E-state index in [1.165, 1.54) is 22.3 Å². The van der Waals surface area contributed by atoms with Gasteiger partial charge in [0, 0.05) is 6.54 Å². The van der Waals surface area contributed by atoms with Gasteiger partial charge in [0.2, 0.25) is 0 Å². The molecule has 2 nitrogen and oxygen atoms in total. The van der Waals surface area contributed by atoms with E-state index in [4.69, 9.17) is 5.73 Å². The Bertz CT molecular complexity index is 563. The number of hydrogen-bond acceptors (Lipinski definition) is 2. The molecule has 86 valence electrons. The normalized spacial score (nSPS) is 14.2. The predicted molar refractivity (Wildman–Crippen MR) is 68.7 cm³/mol. The Labute approximate surface area is 101 Å². The van der Waals surface area contributed by atoms with E-state index in [-0.39, 0.29) is 6.54 Å². The molecular formula is C15H15NO. The van der Waals surface area contributed by atoms with Crippen LogP contribution in [0.25, 0.3) is 11.1 Å². The summed E-state index contributed by atoms with van der Waals surface area (Å²) in [7, 11) is 0. The van der Waals surface area contributed by atoms with Crippen molar-refractivity contribution in [3.8, 4) is 11.1 Å². The minimum Gasteiger partial charge on any atom is -0.387 e. The molecule has 0 aliphatic heterocycles. The van der Waals surface area contributed by atoms with Crippen LogP contribution < -0.4 is 5.73 Å². The molecular weight excluding hydrogens is 210 g/mol. The summed E-state index contributed by atoms with van der Waals surface area (Å²) < 4.78 is 0. The lowest BCUT2D eigenvalue weighted by molar-refractivity contribution is 0.186. The van der Waals surface area contributed by atoms with Crippen molar-refractivity contribution < 1.29 is 5.11 Å². The van der Waals surface area contributed by atoms with E-state index in [2.05, 4.69) is 36.4 Å². The summed E-state index contributed by atoms with van der Waals surface area (Å²) in [6, 6.07) is 14.6. The summed E-state index contributed by atoms with van der Waals surface area (Å²) >= 11 is 0. The number of rotatable bonds is 2. The van der Waals surface area contributed by atoms with Gasteiger partial charge < -0.3 is 10.8 Å². The van der Waals surface area contributed by atoms with Crippen LogP contribution in [0.3, 0.4) is 0 Å². The zero-order valence-electron chi connectivity index (χ0n) is 9.56. The molecule has 1 aliphatic rings. The van der Waals surface area contributed by atoms with Crippen LogP contribution in [0.5, 0.6) is 0 Å². The molecule has 0 radical (unpaired) electrons. The van der Waals surface area contributed by atoms with Gasteiger partial charge in [-0.25, -0.2) is 0 Å². The first kappa shape index (κ1) is 10.5. The Morgan fingerprint density at radius 2 is 1.82 bits per heavy atom. The first-order valence-electron chi connectivity index (χ1n) is 5.89. The topological polar surface area (TPSA) is 46.2 Å². The maximum Gasteiger partial charge on any atom is 0.0912 e. The van der Waals surface area contributed by atoms with E-state index in [0.29, 0.717) is 0 Å². The second kappa shape index (κ2) is 3.99. The Morgan fingerprint density at radius 3 is 2.65 bits per heavy atom. The van der Waals surface area contributed by atoms with Crippen LogP contribution in [0.1, 0.15) is 22.8 Å². The fraction of sp³-hybridized carbons (Fsp3) is 0.200. The predicted octanol–water partition coefficient (Wildman–Crippen LogP) is 2.25. The van der Waals surface area contributed by atoms with Crippen LogP contribution in [0.15, 0.2) is 42.5 Å². The number of fused-ring (bicyclic) bond motifs is 3. The number of nitrogens with two attached hydrogens (primary N) is 1. The fourth-order valence-corrected chi connectivity index (χ4v) is 2.51. The number of aliphatic hydroxyl groups is 1. The van der Waals surface area contributed by atoms with Crippen molar-refractivity contribution in [1.29, 1.82) is 0 Å². The highest BCUT2D eigenvalue weighted by Crippen LogP contribution is 2.37. The van der Waals surface area contributed by atoms with Gasteiger partial charge in [-0.2, -0.15) is 0 Å². The van der Waals surface area contributed by atoms with E-state index in [9.17, 15) is 5.11 Å². The van der Waals surface area contributed by atoms with Gasteiger partial charge in [0.25, 0.3) is 0 Å². The highest BCUT2D eigenvalue weighted by atomic mass is 16.3. The fourth-order valence-electron chi connectivity index (χ4n) is 2.51. The molecule has 0 spiro atoms. The summed E-state index contributed by atoms with van der Waals surface area (Å²) in [4.78, 5) is 0.